The molecule has 0 spiro atoms. The first-order chi connectivity index (χ1) is 12.1. The zero-order chi connectivity index (χ0) is 17.8. The van der Waals surface area contributed by atoms with Gasteiger partial charge >= 0.3 is 0 Å². The minimum Gasteiger partial charge on any atom is -0.493 e. The Labute approximate surface area is 149 Å². The molecule has 1 N–H and O–H groups in total. The van der Waals surface area contributed by atoms with Gasteiger partial charge in [-0.2, -0.15) is 5.10 Å². The lowest BCUT2D eigenvalue weighted by atomic mass is 10.1. The van der Waals surface area contributed by atoms with E-state index >= 15 is 0 Å². The summed E-state index contributed by atoms with van der Waals surface area (Å²) in [5.41, 5.74) is 1.58. The van der Waals surface area contributed by atoms with Crippen LogP contribution in [0.15, 0.2) is 49.1 Å². The third-order valence-corrected chi connectivity index (χ3v) is 3.75. The molecule has 128 valence electrons. The summed E-state index contributed by atoms with van der Waals surface area (Å²) in [6.07, 6.45) is 2.95. The molecule has 0 radical (unpaired) electrons. The molecule has 7 nitrogen and oxygen atoms in total. The number of methoxy groups -OCH3 is 2. The van der Waals surface area contributed by atoms with Crippen molar-refractivity contribution in [1.29, 1.82) is 0 Å². The predicted molar refractivity (Wildman–Crippen MR) is 93.9 cm³/mol. The van der Waals surface area contributed by atoms with E-state index in [1.165, 1.54) is 26.9 Å². The van der Waals surface area contributed by atoms with Crippen LogP contribution in [0.25, 0.3) is 5.69 Å². The lowest BCUT2D eigenvalue weighted by Gasteiger charge is -2.13. The molecule has 0 aliphatic rings. The number of nitrogens with one attached hydrogen (secondary N) is 1. The number of halogens is 1. The highest BCUT2D eigenvalue weighted by molar-refractivity contribution is 6.31. The molecule has 0 atom stereocenters. The Kier molecular flexibility index (Phi) is 4.85. The number of amides is 1. The Bertz CT molecular complexity index is 897. The van der Waals surface area contributed by atoms with Crippen molar-refractivity contribution in [2.75, 3.05) is 19.5 Å². The predicted octanol–water partition coefficient (Wildman–Crippen LogP) is 3.19. The van der Waals surface area contributed by atoms with Crippen molar-refractivity contribution in [1.82, 2.24) is 14.8 Å². The molecule has 0 bridgehead atoms. The zero-order valence-corrected chi connectivity index (χ0v) is 14.3. The van der Waals surface area contributed by atoms with Gasteiger partial charge in [0.05, 0.1) is 25.6 Å². The van der Waals surface area contributed by atoms with Gasteiger partial charge in [0.1, 0.15) is 12.7 Å². The summed E-state index contributed by atoms with van der Waals surface area (Å²) in [6, 6.07) is 10.0. The lowest BCUT2D eigenvalue weighted by molar-refractivity contribution is 0.102. The van der Waals surface area contributed by atoms with E-state index in [1.54, 1.807) is 41.1 Å². The van der Waals surface area contributed by atoms with Gasteiger partial charge in [-0.05, 0) is 36.4 Å². The highest BCUT2D eigenvalue weighted by Crippen LogP contribution is 2.29. The lowest BCUT2D eigenvalue weighted by Crippen LogP contribution is -2.14. The number of carbonyl (C=O) groups excluding carboxylic acids is 1. The molecule has 0 aliphatic heterocycles. The molecule has 0 aliphatic carbocycles. The van der Waals surface area contributed by atoms with Crippen molar-refractivity contribution >= 4 is 23.2 Å². The fourth-order valence-electron chi connectivity index (χ4n) is 2.31. The first kappa shape index (κ1) is 16.8. The molecule has 1 heterocycles. The van der Waals surface area contributed by atoms with Gasteiger partial charge < -0.3 is 14.8 Å². The smallest absolute Gasteiger partial charge is 0.255 e. The van der Waals surface area contributed by atoms with Crippen LogP contribution in [0, 0.1) is 0 Å². The second kappa shape index (κ2) is 7.23. The molecular formula is C17H15ClN4O3. The summed E-state index contributed by atoms with van der Waals surface area (Å²) in [5.74, 6) is 0.701. The highest BCUT2D eigenvalue weighted by Gasteiger charge is 2.14. The van der Waals surface area contributed by atoms with E-state index in [4.69, 9.17) is 21.1 Å². The van der Waals surface area contributed by atoms with E-state index in [1.807, 2.05) is 0 Å². The third kappa shape index (κ3) is 3.56. The molecule has 0 fully saturated rings. The Hall–Kier alpha value is -3.06. The minimum absolute atomic E-state index is 0.315. The van der Waals surface area contributed by atoms with Gasteiger partial charge in [0.25, 0.3) is 5.91 Å². The van der Waals surface area contributed by atoms with Crippen LogP contribution in [0.1, 0.15) is 10.4 Å². The van der Waals surface area contributed by atoms with Gasteiger partial charge in [-0.15, -0.1) is 0 Å². The summed E-state index contributed by atoms with van der Waals surface area (Å²) in [5, 5.41) is 7.41. The Morgan fingerprint density at radius 3 is 2.60 bits per heavy atom. The fourth-order valence-corrected chi connectivity index (χ4v) is 2.48. The SMILES string of the molecule is COc1ccc(C(=O)Nc2cc(Cl)ccc2-n2cncn2)cc1OC. The van der Waals surface area contributed by atoms with Crippen molar-refractivity contribution in [3.63, 3.8) is 0 Å². The quantitative estimate of drug-likeness (QED) is 0.757. The molecular weight excluding hydrogens is 344 g/mol. The number of nitrogens with zero attached hydrogens (tertiary/aromatic N) is 3. The summed E-state index contributed by atoms with van der Waals surface area (Å²) >= 11 is 6.06. The Morgan fingerprint density at radius 1 is 1.12 bits per heavy atom. The van der Waals surface area contributed by atoms with Crippen LogP contribution in [-0.4, -0.2) is 34.9 Å². The minimum atomic E-state index is -0.315. The number of ether oxygens (including phenoxy) is 2. The first-order valence-corrected chi connectivity index (χ1v) is 7.68. The van der Waals surface area contributed by atoms with Crippen LogP contribution in [-0.2, 0) is 0 Å². The molecule has 2 aromatic carbocycles. The van der Waals surface area contributed by atoms with Gasteiger partial charge in [-0.1, -0.05) is 11.6 Å². The van der Waals surface area contributed by atoms with Crippen molar-refractivity contribution in [3.8, 4) is 17.2 Å². The highest BCUT2D eigenvalue weighted by atomic mass is 35.5. The van der Waals surface area contributed by atoms with Crippen LogP contribution in [0.3, 0.4) is 0 Å². The van der Waals surface area contributed by atoms with E-state index in [2.05, 4.69) is 15.4 Å². The molecule has 0 saturated carbocycles. The topological polar surface area (TPSA) is 78.3 Å². The number of benzene rings is 2. The second-order valence-corrected chi connectivity index (χ2v) is 5.46. The Morgan fingerprint density at radius 2 is 1.92 bits per heavy atom. The largest absolute Gasteiger partial charge is 0.493 e. The number of carbonyl (C=O) groups is 1. The maximum atomic E-state index is 12.6. The monoisotopic (exact) mass is 358 g/mol. The van der Waals surface area contributed by atoms with Crippen LogP contribution < -0.4 is 14.8 Å². The van der Waals surface area contributed by atoms with Crippen LogP contribution in [0.5, 0.6) is 11.5 Å². The van der Waals surface area contributed by atoms with E-state index in [9.17, 15) is 4.79 Å². The summed E-state index contributed by atoms with van der Waals surface area (Å²) in [4.78, 5) is 16.5. The second-order valence-electron chi connectivity index (χ2n) is 5.03. The van der Waals surface area contributed by atoms with Crippen molar-refractivity contribution in [2.45, 2.75) is 0 Å². The average Bonchev–Trinajstić information content (AvgIpc) is 3.15. The third-order valence-electron chi connectivity index (χ3n) is 3.52. The first-order valence-electron chi connectivity index (χ1n) is 7.30. The number of aromatic nitrogens is 3. The Balaban J connectivity index is 1.92. The molecule has 25 heavy (non-hydrogen) atoms. The summed E-state index contributed by atoms with van der Waals surface area (Å²) in [6.45, 7) is 0. The molecule has 3 rings (SSSR count). The van der Waals surface area contributed by atoms with Gasteiger partial charge in [0, 0.05) is 10.6 Å². The van der Waals surface area contributed by atoms with Gasteiger partial charge in [0.15, 0.2) is 11.5 Å². The summed E-state index contributed by atoms with van der Waals surface area (Å²) in [7, 11) is 3.05. The molecule has 1 amide bonds. The molecule has 0 saturated heterocycles. The van der Waals surface area contributed by atoms with Crippen LogP contribution in [0.2, 0.25) is 5.02 Å². The van der Waals surface area contributed by atoms with Crippen molar-refractivity contribution in [2.24, 2.45) is 0 Å². The summed E-state index contributed by atoms with van der Waals surface area (Å²) < 4.78 is 12.0. The number of hydrogen-bond donors (Lipinski definition) is 1. The molecule has 3 aromatic rings. The zero-order valence-electron chi connectivity index (χ0n) is 13.6. The van der Waals surface area contributed by atoms with Gasteiger partial charge in [0.2, 0.25) is 0 Å². The molecule has 1 aromatic heterocycles. The van der Waals surface area contributed by atoms with Crippen molar-refractivity contribution < 1.29 is 14.3 Å². The molecule has 8 heteroatoms. The maximum absolute atomic E-state index is 12.6. The van der Waals surface area contributed by atoms with Gasteiger partial charge in [-0.25, -0.2) is 9.67 Å². The number of anilines is 1. The number of hydrogen-bond acceptors (Lipinski definition) is 5. The van der Waals surface area contributed by atoms with Crippen LogP contribution >= 0.6 is 11.6 Å². The van der Waals surface area contributed by atoms with E-state index in [0.717, 1.165) is 0 Å². The average molecular weight is 359 g/mol. The fraction of sp³-hybridized carbons (Fsp3) is 0.118. The normalized spacial score (nSPS) is 10.4. The van der Waals surface area contributed by atoms with Gasteiger partial charge in [-0.3, -0.25) is 4.79 Å². The molecule has 0 unspecified atom stereocenters. The van der Waals surface area contributed by atoms with E-state index < -0.39 is 0 Å². The standard InChI is InChI=1S/C17H15ClN4O3/c1-24-15-6-3-11(7-16(15)25-2)17(23)21-13-8-12(18)4-5-14(13)22-10-19-9-20-22/h3-10H,1-2H3,(H,21,23). The maximum Gasteiger partial charge on any atom is 0.255 e. The van der Waals surface area contributed by atoms with E-state index in [0.29, 0.717) is 33.5 Å². The van der Waals surface area contributed by atoms with Crippen molar-refractivity contribution in [3.05, 3.63) is 59.6 Å². The van der Waals surface area contributed by atoms with E-state index in [-0.39, 0.29) is 5.91 Å². The number of rotatable bonds is 5. The van der Waals surface area contributed by atoms with Crippen LogP contribution in [0.4, 0.5) is 5.69 Å².